The van der Waals surface area contributed by atoms with Gasteiger partial charge in [0.1, 0.15) is 0 Å². The van der Waals surface area contributed by atoms with Crippen molar-refractivity contribution in [1.82, 2.24) is 10.1 Å². The third-order valence-corrected chi connectivity index (χ3v) is 4.88. The van der Waals surface area contributed by atoms with E-state index in [0.717, 1.165) is 4.90 Å². The Balaban J connectivity index is 1.88. The molecular formula is C11H14N4O3S2. The summed E-state index contributed by atoms with van der Waals surface area (Å²) in [6.07, 6.45) is 0. The van der Waals surface area contributed by atoms with Crippen molar-refractivity contribution in [2.75, 3.05) is 22.0 Å². The third-order valence-electron chi connectivity index (χ3n) is 2.30. The highest BCUT2D eigenvalue weighted by atomic mass is 32.2. The van der Waals surface area contributed by atoms with Crippen molar-refractivity contribution in [2.24, 2.45) is 0 Å². The van der Waals surface area contributed by atoms with Crippen LogP contribution in [-0.4, -0.2) is 30.1 Å². The second-order valence-corrected chi connectivity index (χ2v) is 6.93. The Morgan fingerprint density at radius 2 is 2.15 bits per heavy atom. The van der Waals surface area contributed by atoms with Crippen molar-refractivity contribution in [1.29, 1.82) is 0 Å². The molecule has 0 amide bonds. The normalized spacial score (nSPS) is 11.4. The molecule has 0 saturated carbocycles. The molecule has 20 heavy (non-hydrogen) atoms. The molecule has 0 aliphatic rings. The molecule has 2 rings (SSSR count). The largest absolute Gasteiger partial charge is 0.398 e. The van der Waals surface area contributed by atoms with E-state index in [-0.39, 0.29) is 11.8 Å². The molecule has 0 fully saturated rings. The van der Waals surface area contributed by atoms with Crippen LogP contribution in [0.4, 0.5) is 11.7 Å². The minimum absolute atomic E-state index is 0.0760. The summed E-state index contributed by atoms with van der Waals surface area (Å²) in [6.45, 7) is 1.61. The van der Waals surface area contributed by atoms with Gasteiger partial charge in [0.05, 0.1) is 5.75 Å². The summed E-state index contributed by atoms with van der Waals surface area (Å²) in [4.78, 5) is 4.64. The molecule has 0 bridgehead atoms. The highest BCUT2D eigenvalue weighted by Crippen LogP contribution is 2.24. The number of nitrogens with one attached hydrogen (secondary N) is 1. The number of benzene rings is 1. The summed E-state index contributed by atoms with van der Waals surface area (Å²) in [5.41, 5.74) is 6.41. The van der Waals surface area contributed by atoms with Crippen LogP contribution in [0.5, 0.6) is 0 Å². The number of thioether (sulfide) groups is 1. The van der Waals surface area contributed by atoms with E-state index in [1.54, 1.807) is 13.0 Å². The van der Waals surface area contributed by atoms with Crippen LogP contribution in [0, 0.1) is 6.92 Å². The number of rotatable bonds is 6. The fourth-order valence-electron chi connectivity index (χ4n) is 1.40. The van der Waals surface area contributed by atoms with E-state index >= 15 is 0 Å². The van der Waals surface area contributed by atoms with E-state index in [9.17, 15) is 8.42 Å². The molecule has 0 atom stereocenters. The smallest absolute Gasteiger partial charge is 0.335 e. The molecule has 1 aromatic carbocycles. The van der Waals surface area contributed by atoms with E-state index in [1.165, 1.54) is 11.8 Å². The molecule has 1 aromatic heterocycles. The van der Waals surface area contributed by atoms with Gasteiger partial charge in [-0.25, -0.2) is 13.1 Å². The molecule has 0 spiro atoms. The summed E-state index contributed by atoms with van der Waals surface area (Å²) < 4.78 is 30.5. The molecule has 0 unspecified atom stereocenters. The SMILES string of the molecule is Cc1noc(NS(=O)(=O)CCSc2ccccc2N)n1. The number of nitrogens with zero attached hydrogens (tertiary/aromatic N) is 2. The zero-order valence-corrected chi connectivity index (χ0v) is 12.4. The average molecular weight is 314 g/mol. The molecular weight excluding hydrogens is 300 g/mol. The zero-order chi connectivity index (χ0) is 14.6. The van der Waals surface area contributed by atoms with Gasteiger partial charge in [-0.05, 0) is 19.1 Å². The lowest BCUT2D eigenvalue weighted by Crippen LogP contribution is -2.18. The summed E-state index contributed by atoms with van der Waals surface area (Å²) in [5, 5.41) is 3.51. The minimum atomic E-state index is -3.51. The summed E-state index contributed by atoms with van der Waals surface area (Å²) >= 11 is 1.38. The van der Waals surface area contributed by atoms with Crippen molar-refractivity contribution >= 4 is 33.5 Å². The summed E-state index contributed by atoms with van der Waals surface area (Å²) in [5.74, 6) is 0.665. The fourth-order valence-corrected chi connectivity index (χ4v) is 3.69. The van der Waals surface area contributed by atoms with Gasteiger partial charge in [0, 0.05) is 16.3 Å². The van der Waals surface area contributed by atoms with Gasteiger partial charge in [0.2, 0.25) is 10.0 Å². The number of nitrogen functional groups attached to an aromatic ring is 1. The van der Waals surface area contributed by atoms with Crippen LogP contribution in [0.15, 0.2) is 33.7 Å². The predicted octanol–water partition coefficient (Wildman–Crippen LogP) is 1.49. The number of anilines is 2. The van der Waals surface area contributed by atoms with Gasteiger partial charge in [-0.15, -0.1) is 11.8 Å². The fraction of sp³-hybridized carbons (Fsp3) is 0.273. The Bertz CT molecular complexity index is 684. The Morgan fingerprint density at radius 3 is 2.80 bits per heavy atom. The first-order valence-corrected chi connectivity index (χ1v) is 8.38. The maximum Gasteiger partial charge on any atom is 0.335 e. The van der Waals surface area contributed by atoms with E-state index in [1.807, 2.05) is 18.2 Å². The summed E-state index contributed by atoms with van der Waals surface area (Å²) in [7, 11) is -3.51. The highest BCUT2D eigenvalue weighted by Gasteiger charge is 2.14. The molecule has 108 valence electrons. The number of aromatic nitrogens is 2. The van der Waals surface area contributed by atoms with Crippen molar-refractivity contribution in [3.05, 3.63) is 30.1 Å². The van der Waals surface area contributed by atoms with Crippen LogP contribution in [0.3, 0.4) is 0 Å². The van der Waals surface area contributed by atoms with Gasteiger partial charge in [0.25, 0.3) is 0 Å². The molecule has 9 heteroatoms. The van der Waals surface area contributed by atoms with Gasteiger partial charge >= 0.3 is 6.01 Å². The molecule has 1 heterocycles. The Kier molecular flexibility index (Phi) is 4.50. The maximum absolute atomic E-state index is 11.8. The van der Waals surface area contributed by atoms with Crippen LogP contribution >= 0.6 is 11.8 Å². The molecule has 2 aromatic rings. The van der Waals surface area contributed by atoms with E-state index in [0.29, 0.717) is 17.3 Å². The lowest BCUT2D eigenvalue weighted by Gasteiger charge is -2.05. The lowest BCUT2D eigenvalue weighted by atomic mass is 10.3. The Labute approximate surface area is 121 Å². The Morgan fingerprint density at radius 1 is 1.40 bits per heavy atom. The average Bonchev–Trinajstić information content (AvgIpc) is 2.76. The topological polar surface area (TPSA) is 111 Å². The van der Waals surface area contributed by atoms with Crippen LogP contribution < -0.4 is 10.5 Å². The van der Waals surface area contributed by atoms with Gasteiger partial charge in [-0.1, -0.05) is 17.3 Å². The van der Waals surface area contributed by atoms with E-state index < -0.39 is 10.0 Å². The second-order valence-electron chi connectivity index (χ2n) is 3.95. The molecule has 0 aliphatic carbocycles. The predicted molar refractivity (Wildman–Crippen MR) is 78.0 cm³/mol. The van der Waals surface area contributed by atoms with Crippen LogP contribution in [0.2, 0.25) is 0 Å². The minimum Gasteiger partial charge on any atom is -0.398 e. The first kappa shape index (κ1) is 14.7. The van der Waals surface area contributed by atoms with Crippen molar-refractivity contribution in [3.8, 4) is 0 Å². The number of hydrogen-bond donors (Lipinski definition) is 2. The van der Waals surface area contributed by atoms with Crippen LogP contribution in [0.25, 0.3) is 0 Å². The highest BCUT2D eigenvalue weighted by molar-refractivity contribution is 8.01. The first-order valence-electron chi connectivity index (χ1n) is 5.74. The lowest BCUT2D eigenvalue weighted by molar-refractivity contribution is 0.429. The summed E-state index contributed by atoms with van der Waals surface area (Å²) in [6, 6.07) is 7.19. The van der Waals surface area contributed by atoms with E-state index in [4.69, 9.17) is 10.3 Å². The number of nitrogens with two attached hydrogens (primary N) is 1. The molecule has 7 nitrogen and oxygen atoms in total. The van der Waals surface area contributed by atoms with Gasteiger partial charge in [-0.3, -0.25) is 0 Å². The quantitative estimate of drug-likeness (QED) is 0.613. The van der Waals surface area contributed by atoms with Crippen LogP contribution in [-0.2, 0) is 10.0 Å². The van der Waals surface area contributed by atoms with Gasteiger partial charge in [0.15, 0.2) is 5.82 Å². The van der Waals surface area contributed by atoms with Gasteiger partial charge in [-0.2, -0.15) is 4.98 Å². The molecule has 0 radical (unpaired) electrons. The first-order chi connectivity index (χ1) is 9.46. The number of hydrogen-bond acceptors (Lipinski definition) is 7. The number of aryl methyl sites for hydroxylation is 1. The van der Waals surface area contributed by atoms with Crippen LogP contribution in [0.1, 0.15) is 5.82 Å². The van der Waals surface area contributed by atoms with Crippen molar-refractivity contribution in [3.63, 3.8) is 0 Å². The third kappa shape index (κ3) is 4.14. The standard InChI is InChI=1S/C11H14N4O3S2/c1-8-13-11(18-14-8)15-20(16,17)7-6-19-10-5-3-2-4-9(10)12/h2-5H,6-7,12H2,1H3,(H,13,14,15). The maximum atomic E-state index is 11.8. The van der Waals surface area contributed by atoms with Crippen molar-refractivity contribution in [2.45, 2.75) is 11.8 Å². The van der Waals surface area contributed by atoms with Gasteiger partial charge < -0.3 is 10.3 Å². The Hall–Kier alpha value is -1.74. The number of sulfonamides is 1. The second kappa shape index (κ2) is 6.14. The number of para-hydroxylation sites is 1. The molecule has 0 saturated heterocycles. The monoisotopic (exact) mass is 314 g/mol. The van der Waals surface area contributed by atoms with E-state index in [2.05, 4.69) is 14.9 Å². The zero-order valence-electron chi connectivity index (χ0n) is 10.7. The van der Waals surface area contributed by atoms with Crippen molar-refractivity contribution < 1.29 is 12.9 Å². The molecule has 3 N–H and O–H groups in total. The molecule has 0 aliphatic heterocycles.